The van der Waals surface area contributed by atoms with Crippen LogP contribution < -0.4 is 9.47 Å². The van der Waals surface area contributed by atoms with Crippen LogP contribution in [0.2, 0.25) is 0 Å². The van der Waals surface area contributed by atoms with Gasteiger partial charge in [-0.15, -0.1) is 0 Å². The van der Waals surface area contributed by atoms with E-state index in [1.165, 1.54) is 0 Å². The van der Waals surface area contributed by atoms with Gasteiger partial charge >= 0.3 is 35.5 Å². The van der Waals surface area contributed by atoms with Crippen molar-refractivity contribution in [1.29, 1.82) is 0 Å². The molecule has 0 amide bonds. The second kappa shape index (κ2) is 11.4. The first-order valence-electron chi connectivity index (χ1n) is 16.6. The van der Waals surface area contributed by atoms with Crippen LogP contribution in [0.3, 0.4) is 0 Å². The highest BCUT2D eigenvalue weighted by atomic mass is 16.7. The number of fused-ring (bicyclic) bond motifs is 2. The van der Waals surface area contributed by atoms with Crippen LogP contribution in [0.15, 0.2) is 35.4 Å². The van der Waals surface area contributed by atoms with Crippen LogP contribution in [0.4, 0.5) is 0 Å². The Labute approximate surface area is 318 Å². The number of hydrogen-bond donors (Lipinski definition) is 11. The average molecular weight is 817 g/mol. The number of benzene rings is 2. The molecule has 1 fully saturated rings. The molecular formula is C34H24O24. The van der Waals surface area contributed by atoms with Crippen LogP contribution in [-0.2, 0) is 42.9 Å². The van der Waals surface area contributed by atoms with E-state index in [4.69, 9.17) is 33.2 Å². The van der Waals surface area contributed by atoms with Gasteiger partial charge in [0, 0.05) is 11.1 Å². The lowest BCUT2D eigenvalue weighted by molar-refractivity contribution is -0.339. The van der Waals surface area contributed by atoms with E-state index in [0.29, 0.717) is 24.3 Å². The fraction of sp³-hybridized carbons (Fsp3) is 0.353. The van der Waals surface area contributed by atoms with Crippen molar-refractivity contribution in [3.63, 3.8) is 0 Å². The molecule has 9 unspecified atom stereocenters. The molecular weight excluding hydrogens is 792 g/mol. The molecule has 8 bridgehead atoms. The van der Waals surface area contributed by atoms with Gasteiger partial charge in [-0.2, -0.15) is 0 Å². The van der Waals surface area contributed by atoms with Crippen LogP contribution in [0.1, 0.15) is 43.7 Å². The highest BCUT2D eigenvalue weighted by Gasteiger charge is 2.72. The number of aromatic hydroxyl groups is 4. The van der Waals surface area contributed by atoms with Crippen LogP contribution >= 0.6 is 0 Å². The number of phenols is 4. The lowest BCUT2D eigenvalue weighted by Crippen LogP contribution is -2.70. The average Bonchev–Trinajstić information content (AvgIpc) is 3.14. The van der Waals surface area contributed by atoms with Gasteiger partial charge in [-0.1, -0.05) is 0 Å². The minimum Gasteiger partial charge on any atom is -0.504 e. The minimum absolute atomic E-state index is 0.317. The maximum Gasteiger partial charge on any atom is 0.339 e. The molecule has 5 aliphatic heterocycles. The monoisotopic (exact) mass is 816 g/mol. The summed E-state index contributed by atoms with van der Waals surface area (Å²) in [4.78, 5) is 82.5. The molecule has 0 radical (unpaired) electrons. The highest BCUT2D eigenvalue weighted by molar-refractivity contribution is 6.10. The van der Waals surface area contributed by atoms with Gasteiger partial charge in [0.05, 0.1) is 34.1 Å². The molecule has 7 aliphatic rings. The molecule has 2 aromatic carbocycles. The van der Waals surface area contributed by atoms with E-state index in [9.17, 15) is 84.9 Å². The van der Waals surface area contributed by atoms with E-state index in [1.807, 2.05) is 0 Å². The van der Waals surface area contributed by atoms with Gasteiger partial charge in [-0.05, 0) is 24.3 Å². The molecule has 9 rings (SSSR count). The number of carbonyl (C=O) groups is 6. The van der Waals surface area contributed by atoms with Crippen LogP contribution in [0.5, 0.6) is 34.5 Å². The van der Waals surface area contributed by atoms with Crippen molar-refractivity contribution in [2.24, 2.45) is 0 Å². The normalized spacial score (nSPS) is 35.1. The number of ketones is 2. The Kier molecular flexibility index (Phi) is 7.31. The summed E-state index contributed by atoms with van der Waals surface area (Å²) in [6.45, 7) is -1.18. The first-order valence-corrected chi connectivity index (χ1v) is 16.6. The van der Waals surface area contributed by atoms with E-state index < -0.39 is 176 Å². The number of rotatable bonds is 0. The zero-order chi connectivity index (χ0) is 41.9. The van der Waals surface area contributed by atoms with Crippen LogP contribution in [0.25, 0.3) is 0 Å². The van der Waals surface area contributed by atoms with Crippen molar-refractivity contribution in [3.8, 4) is 34.5 Å². The third kappa shape index (κ3) is 4.44. The van der Waals surface area contributed by atoms with E-state index in [1.54, 1.807) is 0 Å². The summed E-state index contributed by atoms with van der Waals surface area (Å²) in [5, 5.41) is 121. The maximum absolute atomic E-state index is 14.3. The summed E-state index contributed by atoms with van der Waals surface area (Å²) in [7, 11) is 0. The molecule has 58 heavy (non-hydrogen) atoms. The quantitative estimate of drug-likeness (QED) is 0.0514. The van der Waals surface area contributed by atoms with Gasteiger partial charge in [0.1, 0.15) is 12.7 Å². The highest BCUT2D eigenvalue weighted by Crippen LogP contribution is 2.60. The molecule has 2 aromatic rings. The predicted octanol–water partition coefficient (Wildman–Crippen LogP) is -4.83. The maximum atomic E-state index is 14.3. The Morgan fingerprint density at radius 3 is 1.48 bits per heavy atom. The predicted molar refractivity (Wildman–Crippen MR) is 167 cm³/mol. The SMILES string of the molecule is O=C1OC2C3COC(=O)C4=CC(=O)C5(O)Oc6c(O)c(O)cc(c6C4C5(O)O)C(=O)OC2C(OC(=O)c2cc(O)c(O)c4c2C2C1=CC(=O)C(O)(O4)C2(O)O)C(O)O3. The smallest absolute Gasteiger partial charge is 0.339 e. The summed E-state index contributed by atoms with van der Waals surface area (Å²) >= 11 is 0. The molecule has 1 saturated heterocycles. The summed E-state index contributed by atoms with van der Waals surface area (Å²) in [5.74, 6) is -37.5. The van der Waals surface area contributed by atoms with Gasteiger partial charge in [0.25, 0.3) is 11.6 Å². The third-order valence-corrected chi connectivity index (χ3v) is 10.9. The van der Waals surface area contributed by atoms with Crippen LogP contribution in [-0.4, -0.2) is 152 Å². The second-order valence-corrected chi connectivity index (χ2v) is 14.1. The first-order chi connectivity index (χ1) is 27.0. The summed E-state index contributed by atoms with van der Waals surface area (Å²) < 4.78 is 37.5. The second-order valence-electron chi connectivity index (χ2n) is 14.1. The zero-order valence-electron chi connectivity index (χ0n) is 28.3. The molecule has 9 atom stereocenters. The van der Waals surface area contributed by atoms with Gasteiger partial charge in [0.2, 0.25) is 23.1 Å². The number of cyclic esters (lactones) is 1. The Morgan fingerprint density at radius 2 is 1.00 bits per heavy atom. The Hall–Kier alpha value is -6.38. The Bertz CT molecular complexity index is 2430. The standard InChI is InChI=1S/C34H24O24/c35-10-1-6-15-17-8(3-13(37)33(50,31(17,46)47)57-22(15)19(10)39)26(41)52-5-12-21-24(55-27(6)42)25(30(45)53-12)56-28(43)7-2-11(36)20(40)23-16(7)18-9(29(44)54-21)4-14(38)34(51,58-23)32(18,48)49/h1-4,12,17-18,21,24-25,30,35-36,39-40,45-51H,5H2. The number of ether oxygens (including phenoxy) is 7. The summed E-state index contributed by atoms with van der Waals surface area (Å²) in [6, 6.07) is 0.923. The number of esters is 4. The molecule has 11 N–H and O–H groups in total. The molecule has 0 spiro atoms. The van der Waals surface area contributed by atoms with E-state index in [0.717, 1.165) is 0 Å². The molecule has 304 valence electrons. The van der Waals surface area contributed by atoms with Gasteiger partial charge < -0.3 is 89.3 Å². The molecule has 0 saturated carbocycles. The molecule has 24 nitrogen and oxygen atoms in total. The fourth-order valence-electron chi connectivity index (χ4n) is 8.10. The van der Waals surface area contributed by atoms with Gasteiger partial charge in [-0.25, -0.2) is 19.2 Å². The summed E-state index contributed by atoms with van der Waals surface area (Å²) in [5.41, 5.74) is -5.92. The third-order valence-electron chi connectivity index (χ3n) is 10.9. The molecule has 0 aromatic heterocycles. The van der Waals surface area contributed by atoms with Crippen molar-refractivity contribution < 1.29 is 118 Å². The first kappa shape index (κ1) is 37.2. The van der Waals surface area contributed by atoms with Gasteiger partial charge in [0.15, 0.2) is 47.6 Å². The van der Waals surface area contributed by atoms with Crippen molar-refractivity contribution >= 4 is 35.4 Å². The van der Waals surface area contributed by atoms with Crippen molar-refractivity contribution in [2.75, 3.05) is 6.61 Å². The minimum atomic E-state index is -3.87. The van der Waals surface area contributed by atoms with Crippen molar-refractivity contribution in [3.05, 3.63) is 57.7 Å². The molecule has 24 heteroatoms. The number of aliphatic hydroxyl groups is 7. The lowest BCUT2D eigenvalue weighted by Gasteiger charge is -2.49. The number of aliphatic hydroxyl groups excluding tert-OH is 1. The lowest BCUT2D eigenvalue weighted by atomic mass is 9.70. The Morgan fingerprint density at radius 1 is 0.569 bits per heavy atom. The molecule has 5 heterocycles. The fourth-order valence-corrected chi connectivity index (χ4v) is 8.10. The van der Waals surface area contributed by atoms with Crippen molar-refractivity contribution in [1.82, 2.24) is 0 Å². The largest absolute Gasteiger partial charge is 0.504 e. The topological polar surface area (TPSA) is 390 Å². The van der Waals surface area contributed by atoms with Gasteiger partial charge in [-0.3, -0.25) is 9.59 Å². The van der Waals surface area contributed by atoms with Crippen molar-refractivity contribution in [2.45, 2.75) is 65.7 Å². The Balaban J connectivity index is 1.26. The number of phenolic OH excluding ortho intramolecular Hbond substituents is 4. The summed E-state index contributed by atoms with van der Waals surface area (Å²) in [6.07, 6.45) is -10.8. The zero-order valence-corrected chi connectivity index (χ0v) is 28.3. The number of carbonyl (C=O) groups excluding carboxylic acids is 6. The number of hydrogen-bond acceptors (Lipinski definition) is 24. The van der Waals surface area contributed by atoms with Crippen LogP contribution in [0, 0.1) is 0 Å². The van der Waals surface area contributed by atoms with E-state index in [2.05, 4.69) is 0 Å². The van der Waals surface area contributed by atoms with E-state index >= 15 is 0 Å². The molecule has 2 aliphatic carbocycles. The van der Waals surface area contributed by atoms with E-state index in [-0.39, 0.29) is 0 Å².